The van der Waals surface area contributed by atoms with Crippen molar-refractivity contribution in [1.29, 1.82) is 0 Å². The molecule has 3 atom stereocenters. The van der Waals surface area contributed by atoms with E-state index in [-0.39, 0.29) is 30.2 Å². The molecule has 0 bridgehead atoms. The van der Waals surface area contributed by atoms with E-state index in [1.807, 2.05) is 16.7 Å². The fourth-order valence-electron chi connectivity index (χ4n) is 3.70. The summed E-state index contributed by atoms with van der Waals surface area (Å²) in [5.41, 5.74) is 6.06. The van der Waals surface area contributed by atoms with Gasteiger partial charge in [-0.1, -0.05) is 27.2 Å². The van der Waals surface area contributed by atoms with Crippen molar-refractivity contribution in [2.45, 2.75) is 58.9 Å². The van der Waals surface area contributed by atoms with E-state index in [4.69, 9.17) is 5.73 Å². The van der Waals surface area contributed by atoms with Crippen LogP contribution in [0.15, 0.2) is 0 Å². The molecule has 0 aromatic carbocycles. The number of hydrogen-bond donors (Lipinski definition) is 1. The van der Waals surface area contributed by atoms with Crippen molar-refractivity contribution in [3.8, 4) is 0 Å². The second kappa shape index (κ2) is 9.62. The number of nitrogens with zero attached hydrogens (tertiary/aromatic N) is 2. The van der Waals surface area contributed by atoms with E-state index in [0.717, 1.165) is 38.8 Å². The predicted octanol–water partition coefficient (Wildman–Crippen LogP) is 2.28. The summed E-state index contributed by atoms with van der Waals surface area (Å²) in [6.45, 7) is 9.44. The summed E-state index contributed by atoms with van der Waals surface area (Å²) < 4.78 is 0. The molecule has 3 unspecified atom stereocenters. The molecule has 0 aliphatic carbocycles. The van der Waals surface area contributed by atoms with Crippen LogP contribution in [-0.4, -0.2) is 53.8 Å². The summed E-state index contributed by atoms with van der Waals surface area (Å²) in [6.07, 6.45) is 4.82. The van der Waals surface area contributed by atoms with Gasteiger partial charge in [-0.05, 0) is 37.5 Å². The number of halogens is 1. The van der Waals surface area contributed by atoms with Crippen molar-refractivity contribution in [3.63, 3.8) is 0 Å². The largest absolute Gasteiger partial charge is 0.342 e. The van der Waals surface area contributed by atoms with Gasteiger partial charge in [-0.25, -0.2) is 0 Å². The maximum Gasteiger partial charge on any atom is 0.239 e. The molecule has 2 heterocycles. The standard InChI is InChI=1S/C18H33N3O2.ClH/c1-4-14(3)16(19)18(23)20-10-7-15(8-11-20)17(22)21-9-5-6-13(2)12-21;/h13-16H,4-12,19H2,1-3H3;1H. The minimum atomic E-state index is -0.407. The maximum atomic E-state index is 12.7. The normalized spacial score (nSPS) is 24.9. The average molecular weight is 360 g/mol. The molecule has 24 heavy (non-hydrogen) atoms. The second-order valence-electron chi connectivity index (χ2n) is 7.54. The van der Waals surface area contributed by atoms with Crippen LogP contribution in [0.25, 0.3) is 0 Å². The van der Waals surface area contributed by atoms with E-state index in [1.54, 1.807) is 0 Å². The van der Waals surface area contributed by atoms with Crippen LogP contribution < -0.4 is 5.73 Å². The highest BCUT2D eigenvalue weighted by Gasteiger charge is 2.33. The number of hydrogen-bond acceptors (Lipinski definition) is 3. The van der Waals surface area contributed by atoms with E-state index in [0.29, 0.717) is 24.9 Å². The molecule has 2 fully saturated rings. The van der Waals surface area contributed by atoms with Gasteiger partial charge in [-0.15, -0.1) is 12.4 Å². The zero-order valence-electron chi connectivity index (χ0n) is 15.4. The molecular weight excluding hydrogens is 326 g/mol. The molecule has 0 spiro atoms. The number of nitrogens with two attached hydrogens (primary N) is 1. The summed E-state index contributed by atoms with van der Waals surface area (Å²) in [6, 6.07) is -0.407. The minimum absolute atomic E-state index is 0. The Morgan fingerprint density at radius 1 is 1.12 bits per heavy atom. The first-order valence-corrected chi connectivity index (χ1v) is 9.27. The molecular formula is C18H34ClN3O2. The molecule has 0 aromatic heterocycles. The van der Waals surface area contributed by atoms with E-state index < -0.39 is 6.04 Å². The van der Waals surface area contributed by atoms with E-state index >= 15 is 0 Å². The molecule has 0 aromatic rings. The Labute approximate surface area is 152 Å². The Balaban J connectivity index is 0.00000288. The van der Waals surface area contributed by atoms with Crippen molar-refractivity contribution < 1.29 is 9.59 Å². The number of rotatable bonds is 4. The average Bonchev–Trinajstić information content (AvgIpc) is 2.59. The fourth-order valence-corrected chi connectivity index (χ4v) is 3.70. The number of piperidine rings is 2. The van der Waals surface area contributed by atoms with Gasteiger partial charge in [0.1, 0.15) is 0 Å². The Bertz CT molecular complexity index is 424. The third kappa shape index (κ3) is 5.09. The highest BCUT2D eigenvalue weighted by Crippen LogP contribution is 2.24. The van der Waals surface area contributed by atoms with E-state index in [9.17, 15) is 9.59 Å². The summed E-state index contributed by atoms with van der Waals surface area (Å²) in [7, 11) is 0. The molecule has 2 N–H and O–H groups in total. The molecule has 6 heteroatoms. The highest BCUT2D eigenvalue weighted by atomic mass is 35.5. The third-order valence-corrected chi connectivity index (χ3v) is 5.67. The molecule has 2 rings (SSSR count). The molecule has 2 aliphatic heterocycles. The van der Waals surface area contributed by atoms with Gasteiger partial charge in [-0.2, -0.15) is 0 Å². The number of carbonyl (C=O) groups is 2. The molecule has 0 radical (unpaired) electrons. The van der Waals surface area contributed by atoms with Crippen molar-refractivity contribution in [2.75, 3.05) is 26.2 Å². The van der Waals surface area contributed by atoms with Gasteiger partial charge in [0, 0.05) is 32.1 Å². The van der Waals surface area contributed by atoms with Gasteiger partial charge in [0.15, 0.2) is 0 Å². The Morgan fingerprint density at radius 3 is 2.29 bits per heavy atom. The van der Waals surface area contributed by atoms with Crippen molar-refractivity contribution in [2.24, 2.45) is 23.5 Å². The summed E-state index contributed by atoms with van der Waals surface area (Å²) in [4.78, 5) is 29.0. The fraction of sp³-hybridized carbons (Fsp3) is 0.889. The van der Waals surface area contributed by atoms with Gasteiger partial charge in [-0.3, -0.25) is 9.59 Å². The minimum Gasteiger partial charge on any atom is -0.342 e. The molecule has 2 amide bonds. The Morgan fingerprint density at radius 2 is 1.75 bits per heavy atom. The van der Waals surface area contributed by atoms with Crippen molar-refractivity contribution in [1.82, 2.24) is 9.80 Å². The monoisotopic (exact) mass is 359 g/mol. The van der Waals surface area contributed by atoms with E-state index in [2.05, 4.69) is 13.8 Å². The van der Waals surface area contributed by atoms with Crippen LogP contribution in [0.5, 0.6) is 0 Å². The van der Waals surface area contributed by atoms with Crippen molar-refractivity contribution >= 4 is 24.2 Å². The zero-order valence-corrected chi connectivity index (χ0v) is 16.2. The first-order valence-electron chi connectivity index (χ1n) is 9.27. The van der Waals surface area contributed by atoms with Crippen LogP contribution in [0.3, 0.4) is 0 Å². The lowest BCUT2D eigenvalue weighted by atomic mass is 9.91. The molecule has 0 saturated carbocycles. The Hall–Kier alpha value is -0.810. The second-order valence-corrected chi connectivity index (χ2v) is 7.54. The van der Waals surface area contributed by atoms with Gasteiger partial charge < -0.3 is 15.5 Å². The van der Waals surface area contributed by atoms with Crippen LogP contribution in [-0.2, 0) is 9.59 Å². The lowest BCUT2D eigenvalue weighted by Gasteiger charge is -2.38. The molecule has 140 valence electrons. The number of carbonyl (C=O) groups excluding carboxylic acids is 2. The molecule has 2 saturated heterocycles. The first-order chi connectivity index (χ1) is 10.9. The SMILES string of the molecule is CCC(C)C(N)C(=O)N1CCC(C(=O)N2CCCC(C)C2)CC1.Cl. The zero-order chi connectivity index (χ0) is 17.0. The Kier molecular flexibility index (Phi) is 8.51. The summed E-state index contributed by atoms with van der Waals surface area (Å²) >= 11 is 0. The van der Waals surface area contributed by atoms with Crippen LogP contribution in [0.2, 0.25) is 0 Å². The van der Waals surface area contributed by atoms with Gasteiger partial charge in [0.25, 0.3) is 0 Å². The van der Waals surface area contributed by atoms with Crippen LogP contribution in [0.1, 0.15) is 52.9 Å². The third-order valence-electron chi connectivity index (χ3n) is 5.67. The predicted molar refractivity (Wildman–Crippen MR) is 99.0 cm³/mol. The lowest BCUT2D eigenvalue weighted by Crippen LogP contribution is -2.51. The van der Waals surface area contributed by atoms with Gasteiger partial charge >= 0.3 is 0 Å². The maximum absolute atomic E-state index is 12.7. The van der Waals surface area contributed by atoms with Gasteiger partial charge in [0.2, 0.25) is 11.8 Å². The van der Waals surface area contributed by atoms with Crippen LogP contribution in [0, 0.1) is 17.8 Å². The highest BCUT2D eigenvalue weighted by molar-refractivity contribution is 5.85. The number of likely N-dealkylation sites (tertiary alicyclic amines) is 2. The first kappa shape index (κ1) is 21.2. The van der Waals surface area contributed by atoms with Gasteiger partial charge in [0.05, 0.1) is 6.04 Å². The quantitative estimate of drug-likeness (QED) is 0.837. The van der Waals surface area contributed by atoms with Crippen LogP contribution in [0.4, 0.5) is 0 Å². The topological polar surface area (TPSA) is 66.6 Å². The smallest absolute Gasteiger partial charge is 0.239 e. The van der Waals surface area contributed by atoms with Crippen LogP contribution >= 0.6 is 12.4 Å². The molecule has 2 aliphatic rings. The van der Waals surface area contributed by atoms with E-state index in [1.165, 1.54) is 6.42 Å². The summed E-state index contributed by atoms with van der Waals surface area (Å²) in [5, 5.41) is 0. The lowest BCUT2D eigenvalue weighted by molar-refractivity contribution is -0.142. The summed E-state index contributed by atoms with van der Waals surface area (Å²) in [5.74, 6) is 1.26. The molecule has 5 nitrogen and oxygen atoms in total. The number of amides is 2. The van der Waals surface area contributed by atoms with Crippen molar-refractivity contribution in [3.05, 3.63) is 0 Å².